The number of hydrogen-bond donors (Lipinski definition) is 1. The van der Waals surface area contributed by atoms with Crippen molar-refractivity contribution in [1.29, 1.82) is 5.26 Å². The maximum absolute atomic E-state index is 9.38. The summed E-state index contributed by atoms with van der Waals surface area (Å²) in [6.07, 6.45) is 1.63. The van der Waals surface area contributed by atoms with Crippen LogP contribution in [0, 0.1) is 11.3 Å². The summed E-state index contributed by atoms with van der Waals surface area (Å²) in [5.41, 5.74) is 0.363. The minimum atomic E-state index is -0.443. The highest BCUT2D eigenvalue weighted by Gasteiger charge is 2.37. The van der Waals surface area contributed by atoms with Gasteiger partial charge in [0.1, 0.15) is 16.9 Å². The van der Waals surface area contributed by atoms with Crippen LogP contribution in [0.15, 0.2) is 10.6 Å². The lowest BCUT2D eigenvalue weighted by Crippen LogP contribution is -2.39. The van der Waals surface area contributed by atoms with Gasteiger partial charge in [-0.05, 0) is 25.9 Å². The van der Waals surface area contributed by atoms with E-state index in [0.29, 0.717) is 5.92 Å². The number of nitrogens with zero attached hydrogens (tertiary/aromatic N) is 2. The fraction of sp³-hybridized carbons (Fsp3) is 0.667. The Morgan fingerprint density at radius 1 is 1.50 bits per heavy atom. The van der Waals surface area contributed by atoms with Crippen molar-refractivity contribution < 1.29 is 4.52 Å². The van der Waals surface area contributed by atoms with Crippen LogP contribution >= 0.6 is 0 Å². The summed E-state index contributed by atoms with van der Waals surface area (Å²) in [7, 11) is 0. The van der Waals surface area contributed by atoms with Crippen molar-refractivity contribution >= 4 is 0 Å². The lowest BCUT2D eigenvalue weighted by molar-refractivity contribution is 0.327. The van der Waals surface area contributed by atoms with Gasteiger partial charge in [0.25, 0.3) is 0 Å². The molecule has 16 heavy (non-hydrogen) atoms. The van der Waals surface area contributed by atoms with Crippen molar-refractivity contribution in [3.8, 4) is 6.07 Å². The summed E-state index contributed by atoms with van der Waals surface area (Å²) < 4.78 is 5.28. The standard InChI is InChI=1S/C12H17N3O/c1-9(2)10-7-11(15-16-10)12(8-13)3-5-14-6-4-12/h7,9,14H,3-6H2,1-2H3. The average Bonchev–Trinajstić information content (AvgIpc) is 2.80. The van der Waals surface area contributed by atoms with Crippen LogP contribution in [0.25, 0.3) is 0 Å². The van der Waals surface area contributed by atoms with Gasteiger partial charge in [-0.15, -0.1) is 0 Å². The fourth-order valence-corrected chi connectivity index (χ4v) is 2.07. The summed E-state index contributed by atoms with van der Waals surface area (Å²) in [6.45, 7) is 5.87. The molecule has 0 aromatic carbocycles. The SMILES string of the molecule is CC(C)c1cc(C2(C#N)CCNCC2)no1. The predicted octanol–water partition coefficient (Wildman–Crippen LogP) is 1.94. The summed E-state index contributed by atoms with van der Waals surface area (Å²) in [5, 5.41) is 16.7. The fourth-order valence-electron chi connectivity index (χ4n) is 2.07. The van der Waals surface area contributed by atoms with Crippen LogP contribution < -0.4 is 5.32 Å². The molecule has 4 heteroatoms. The van der Waals surface area contributed by atoms with Crippen molar-refractivity contribution in [2.45, 2.75) is 38.0 Å². The van der Waals surface area contributed by atoms with E-state index < -0.39 is 5.41 Å². The van der Waals surface area contributed by atoms with Gasteiger partial charge in [0.05, 0.1) is 6.07 Å². The molecule has 4 nitrogen and oxygen atoms in total. The largest absolute Gasteiger partial charge is 0.361 e. The zero-order valence-corrected chi connectivity index (χ0v) is 9.79. The normalized spacial score (nSPS) is 19.6. The molecule has 1 saturated heterocycles. The molecule has 0 radical (unpaired) electrons. The molecule has 86 valence electrons. The molecular formula is C12H17N3O. The highest BCUT2D eigenvalue weighted by molar-refractivity contribution is 5.28. The van der Waals surface area contributed by atoms with Crippen molar-refractivity contribution in [3.63, 3.8) is 0 Å². The number of hydrogen-bond acceptors (Lipinski definition) is 4. The molecule has 1 aliphatic heterocycles. The molecule has 1 fully saturated rings. The molecule has 0 amide bonds. The van der Waals surface area contributed by atoms with Crippen LogP contribution in [0.5, 0.6) is 0 Å². The van der Waals surface area contributed by atoms with E-state index in [0.717, 1.165) is 37.4 Å². The Morgan fingerprint density at radius 3 is 2.69 bits per heavy atom. The van der Waals surface area contributed by atoms with Gasteiger partial charge in [0, 0.05) is 12.0 Å². The first-order valence-corrected chi connectivity index (χ1v) is 5.77. The summed E-state index contributed by atoms with van der Waals surface area (Å²) >= 11 is 0. The van der Waals surface area contributed by atoms with Crippen molar-refractivity contribution in [3.05, 3.63) is 17.5 Å². The second-order valence-electron chi connectivity index (χ2n) is 4.71. The Hall–Kier alpha value is -1.34. The van der Waals surface area contributed by atoms with Crippen molar-refractivity contribution in [2.75, 3.05) is 13.1 Å². The van der Waals surface area contributed by atoms with Crippen LogP contribution in [0.3, 0.4) is 0 Å². The van der Waals surface area contributed by atoms with Gasteiger partial charge in [0.2, 0.25) is 0 Å². The number of nitriles is 1. The molecule has 2 heterocycles. The summed E-state index contributed by atoms with van der Waals surface area (Å²) in [5.74, 6) is 1.18. The Labute approximate surface area is 95.6 Å². The monoisotopic (exact) mass is 219 g/mol. The second kappa shape index (κ2) is 4.26. The van der Waals surface area contributed by atoms with E-state index >= 15 is 0 Å². The lowest BCUT2D eigenvalue weighted by Gasteiger charge is -2.28. The molecule has 1 N–H and O–H groups in total. The maximum atomic E-state index is 9.38. The van der Waals surface area contributed by atoms with Crippen LogP contribution in [0.1, 0.15) is 44.1 Å². The van der Waals surface area contributed by atoms with Gasteiger partial charge >= 0.3 is 0 Å². The van der Waals surface area contributed by atoms with E-state index in [9.17, 15) is 5.26 Å². The van der Waals surface area contributed by atoms with Gasteiger partial charge in [-0.1, -0.05) is 19.0 Å². The third-order valence-electron chi connectivity index (χ3n) is 3.26. The molecule has 0 spiro atoms. The molecule has 1 aromatic heterocycles. The Bertz CT molecular complexity index is 397. The molecule has 0 saturated carbocycles. The molecule has 1 aromatic rings. The van der Waals surface area contributed by atoms with E-state index in [1.54, 1.807) is 0 Å². The molecular weight excluding hydrogens is 202 g/mol. The van der Waals surface area contributed by atoms with E-state index in [1.807, 2.05) is 6.07 Å². The number of piperidine rings is 1. The van der Waals surface area contributed by atoms with Crippen molar-refractivity contribution in [2.24, 2.45) is 0 Å². The van der Waals surface area contributed by atoms with Crippen LogP contribution in [-0.2, 0) is 5.41 Å². The van der Waals surface area contributed by atoms with Gasteiger partial charge in [-0.25, -0.2) is 0 Å². The van der Waals surface area contributed by atoms with Gasteiger partial charge in [-0.2, -0.15) is 5.26 Å². The Morgan fingerprint density at radius 2 is 2.19 bits per heavy atom. The minimum Gasteiger partial charge on any atom is -0.361 e. The first kappa shape index (κ1) is 11.2. The van der Waals surface area contributed by atoms with E-state index in [-0.39, 0.29) is 0 Å². The molecule has 2 rings (SSSR count). The van der Waals surface area contributed by atoms with Gasteiger partial charge in [0.15, 0.2) is 0 Å². The molecule has 1 aliphatic rings. The van der Waals surface area contributed by atoms with Crippen LogP contribution in [-0.4, -0.2) is 18.2 Å². The highest BCUT2D eigenvalue weighted by Crippen LogP contribution is 2.33. The molecule has 0 bridgehead atoms. The predicted molar refractivity (Wildman–Crippen MR) is 60.0 cm³/mol. The average molecular weight is 219 g/mol. The summed E-state index contributed by atoms with van der Waals surface area (Å²) in [6, 6.07) is 4.37. The zero-order valence-electron chi connectivity index (χ0n) is 9.79. The topological polar surface area (TPSA) is 61.9 Å². The second-order valence-corrected chi connectivity index (χ2v) is 4.71. The van der Waals surface area contributed by atoms with E-state index in [1.165, 1.54) is 0 Å². The number of nitrogens with one attached hydrogen (secondary N) is 1. The van der Waals surface area contributed by atoms with E-state index in [4.69, 9.17) is 4.52 Å². The number of rotatable bonds is 2. The lowest BCUT2D eigenvalue weighted by atomic mass is 9.77. The van der Waals surface area contributed by atoms with Crippen LogP contribution in [0.2, 0.25) is 0 Å². The van der Waals surface area contributed by atoms with E-state index in [2.05, 4.69) is 30.4 Å². The summed E-state index contributed by atoms with van der Waals surface area (Å²) in [4.78, 5) is 0. The molecule has 0 unspecified atom stereocenters. The minimum absolute atomic E-state index is 0.318. The quantitative estimate of drug-likeness (QED) is 0.825. The van der Waals surface area contributed by atoms with Crippen molar-refractivity contribution in [1.82, 2.24) is 10.5 Å². The Balaban J connectivity index is 2.29. The molecule has 0 atom stereocenters. The maximum Gasteiger partial charge on any atom is 0.139 e. The number of aromatic nitrogens is 1. The van der Waals surface area contributed by atoms with Gasteiger partial charge in [-0.3, -0.25) is 0 Å². The third-order valence-corrected chi connectivity index (χ3v) is 3.26. The first-order chi connectivity index (χ1) is 7.68. The first-order valence-electron chi connectivity index (χ1n) is 5.77. The zero-order chi connectivity index (χ0) is 11.6. The van der Waals surface area contributed by atoms with Crippen LogP contribution in [0.4, 0.5) is 0 Å². The Kier molecular flexibility index (Phi) is 2.97. The smallest absolute Gasteiger partial charge is 0.139 e. The van der Waals surface area contributed by atoms with Gasteiger partial charge < -0.3 is 9.84 Å². The molecule has 0 aliphatic carbocycles. The third kappa shape index (κ3) is 1.83. The highest BCUT2D eigenvalue weighted by atomic mass is 16.5.